The molecule has 1 heterocycles. The number of amides is 1. The van der Waals surface area contributed by atoms with Gasteiger partial charge in [0.15, 0.2) is 0 Å². The second-order valence-corrected chi connectivity index (χ2v) is 5.28. The molecule has 0 aliphatic carbocycles. The highest BCUT2D eigenvalue weighted by Gasteiger charge is 2.13. The van der Waals surface area contributed by atoms with Crippen molar-refractivity contribution >= 4 is 29.6 Å². The van der Waals surface area contributed by atoms with Crippen LogP contribution in [0.2, 0.25) is 5.02 Å². The molecule has 0 radical (unpaired) electrons. The Labute approximate surface area is 148 Å². The second kappa shape index (κ2) is 7.99. The van der Waals surface area contributed by atoms with E-state index >= 15 is 0 Å². The number of carbonyl (C=O) groups is 2. The predicted molar refractivity (Wildman–Crippen MR) is 92.9 cm³/mol. The first-order valence-electron chi connectivity index (χ1n) is 7.10. The lowest BCUT2D eigenvalue weighted by atomic mass is 10.1. The Morgan fingerprint density at radius 3 is 2.76 bits per heavy atom. The van der Waals surface area contributed by atoms with E-state index in [0.29, 0.717) is 11.3 Å². The lowest BCUT2D eigenvalue weighted by molar-refractivity contribution is -0.116. The van der Waals surface area contributed by atoms with Crippen LogP contribution in [-0.4, -0.2) is 23.5 Å². The molecule has 0 aliphatic rings. The molecule has 0 bridgehead atoms. The highest BCUT2D eigenvalue weighted by Crippen LogP contribution is 2.27. The number of carboxylic acids is 1. The first-order valence-corrected chi connectivity index (χ1v) is 7.48. The molecule has 0 aliphatic heterocycles. The van der Waals surface area contributed by atoms with E-state index in [9.17, 15) is 9.59 Å². The topological polar surface area (TPSA) is 103 Å². The normalized spacial score (nSPS) is 10.8. The molecule has 2 rings (SSSR count). The van der Waals surface area contributed by atoms with Gasteiger partial charge in [0.25, 0.3) is 5.91 Å². The monoisotopic (exact) mass is 356 g/mol. The third-order valence-electron chi connectivity index (χ3n) is 3.17. The van der Waals surface area contributed by atoms with Crippen LogP contribution < -0.4 is 5.32 Å². The van der Waals surface area contributed by atoms with Crippen LogP contribution >= 0.6 is 11.6 Å². The number of nitrogens with one attached hydrogen (secondary N) is 1. The molecule has 1 aromatic heterocycles. The van der Waals surface area contributed by atoms with E-state index in [0.717, 1.165) is 0 Å². The van der Waals surface area contributed by atoms with Gasteiger partial charge < -0.3 is 14.8 Å². The summed E-state index contributed by atoms with van der Waals surface area (Å²) in [6, 6.07) is 9.44. The van der Waals surface area contributed by atoms with E-state index in [2.05, 4.69) is 11.9 Å². The summed E-state index contributed by atoms with van der Waals surface area (Å²) in [5.41, 5.74) is 0.343. The molecule has 0 unspecified atom stereocenters. The van der Waals surface area contributed by atoms with Gasteiger partial charge in [-0.25, -0.2) is 4.79 Å². The number of aromatic carboxylic acids is 1. The summed E-state index contributed by atoms with van der Waals surface area (Å²) in [4.78, 5) is 22.9. The van der Waals surface area contributed by atoms with Crippen LogP contribution in [-0.2, 0) is 4.79 Å². The van der Waals surface area contributed by atoms with Crippen LogP contribution in [0.4, 0.5) is 0 Å². The van der Waals surface area contributed by atoms with Gasteiger partial charge in [0.1, 0.15) is 23.2 Å². The molecule has 1 aromatic carbocycles. The number of hydrogen-bond donors (Lipinski definition) is 2. The second-order valence-electron chi connectivity index (χ2n) is 4.87. The minimum atomic E-state index is -1.15. The minimum Gasteiger partial charge on any atom is -0.478 e. The molecule has 1 amide bonds. The summed E-state index contributed by atoms with van der Waals surface area (Å²) in [6.45, 7) is 3.72. The highest BCUT2D eigenvalue weighted by atomic mass is 35.5. The Bertz CT molecular complexity index is 906. The van der Waals surface area contributed by atoms with Crippen molar-refractivity contribution in [3.63, 3.8) is 0 Å². The van der Waals surface area contributed by atoms with E-state index in [4.69, 9.17) is 26.4 Å². The quantitative estimate of drug-likeness (QED) is 0.468. The van der Waals surface area contributed by atoms with E-state index in [-0.39, 0.29) is 28.5 Å². The summed E-state index contributed by atoms with van der Waals surface area (Å²) in [5.74, 6) is -1.02. The zero-order valence-corrected chi connectivity index (χ0v) is 13.7. The molecule has 0 fully saturated rings. The fraction of sp³-hybridized carbons (Fsp3) is 0.0556. The van der Waals surface area contributed by atoms with Crippen LogP contribution in [0.15, 0.2) is 53.0 Å². The molecule has 2 N–H and O–H groups in total. The lowest BCUT2D eigenvalue weighted by Gasteiger charge is -2.02. The average Bonchev–Trinajstić information content (AvgIpc) is 3.06. The predicted octanol–water partition coefficient (Wildman–Crippen LogP) is 3.51. The van der Waals surface area contributed by atoms with Gasteiger partial charge in [0.2, 0.25) is 0 Å². The molecule has 126 valence electrons. The summed E-state index contributed by atoms with van der Waals surface area (Å²) in [6.07, 6.45) is 2.80. The molecule has 7 heteroatoms. The van der Waals surface area contributed by atoms with Crippen molar-refractivity contribution in [3.05, 3.63) is 64.9 Å². The molecule has 6 nitrogen and oxygen atoms in total. The van der Waals surface area contributed by atoms with Crippen LogP contribution in [0, 0.1) is 11.3 Å². The van der Waals surface area contributed by atoms with E-state index < -0.39 is 11.9 Å². The Kier molecular flexibility index (Phi) is 5.77. The van der Waals surface area contributed by atoms with Gasteiger partial charge in [-0.05, 0) is 30.3 Å². The average molecular weight is 357 g/mol. The number of nitriles is 1. The number of halogens is 1. The maximum absolute atomic E-state index is 11.8. The Hall–Kier alpha value is -3.30. The van der Waals surface area contributed by atoms with Gasteiger partial charge in [-0.15, -0.1) is 6.58 Å². The van der Waals surface area contributed by atoms with Crippen molar-refractivity contribution in [2.75, 3.05) is 6.54 Å². The fourth-order valence-electron chi connectivity index (χ4n) is 1.98. The Morgan fingerprint density at radius 1 is 1.36 bits per heavy atom. The van der Waals surface area contributed by atoms with Gasteiger partial charge in [-0.1, -0.05) is 17.7 Å². The van der Waals surface area contributed by atoms with Gasteiger partial charge in [0.05, 0.1) is 10.6 Å². The van der Waals surface area contributed by atoms with Crippen LogP contribution in [0.1, 0.15) is 16.1 Å². The zero-order valence-electron chi connectivity index (χ0n) is 13.0. The van der Waals surface area contributed by atoms with Crippen molar-refractivity contribution in [3.8, 4) is 17.4 Å². The molecule has 0 spiro atoms. The van der Waals surface area contributed by atoms with Crippen LogP contribution in [0.3, 0.4) is 0 Å². The molecule has 0 saturated carbocycles. The molecular formula is C18H13ClN2O4. The standard InChI is InChI=1S/C18H13ClN2O4/c1-2-7-21-17(22)12(10-20)8-13-4-6-16(25-13)11-3-5-15(19)14(9-11)18(23)24/h2-6,8-9H,1,7H2,(H,21,22)(H,23,24)/b12-8+. The third kappa shape index (κ3) is 4.37. The maximum atomic E-state index is 11.8. The molecular weight excluding hydrogens is 344 g/mol. The van der Waals surface area contributed by atoms with Gasteiger partial charge in [-0.2, -0.15) is 5.26 Å². The van der Waals surface area contributed by atoms with Crippen molar-refractivity contribution in [1.82, 2.24) is 5.32 Å². The molecule has 2 aromatic rings. The van der Waals surface area contributed by atoms with E-state index in [1.807, 2.05) is 0 Å². The lowest BCUT2D eigenvalue weighted by Crippen LogP contribution is -2.24. The molecule has 0 saturated heterocycles. The number of carboxylic acid groups (broad SMARTS) is 1. The van der Waals surface area contributed by atoms with Crippen LogP contribution in [0.5, 0.6) is 0 Å². The zero-order chi connectivity index (χ0) is 18.4. The van der Waals surface area contributed by atoms with Gasteiger partial charge >= 0.3 is 5.97 Å². The minimum absolute atomic E-state index is 0.0471. The Balaban J connectivity index is 2.31. The number of hydrogen-bond acceptors (Lipinski definition) is 4. The highest BCUT2D eigenvalue weighted by molar-refractivity contribution is 6.33. The van der Waals surface area contributed by atoms with Gasteiger partial charge in [0, 0.05) is 18.2 Å². The molecule has 25 heavy (non-hydrogen) atoms. The largest absolute Gasteiger partial charge is 0.478 e. The van der Waals surface area contributed by atoms with Crippen molar-refractivity contribution in [1.29, 1.82) is 5.26 Å². The van der Waals surface area contributed by atoms with Crippen molar-refractivity contribution in [2.24, 2.45) is 0 Å². The van der Waals surface area contributed by atoms with Crippen molar-refractivity contribution in [2.45, 2.75) is 0 Å². The molecule has 0 atom stereocenters. The fourth-order valence-corrected chi connectivity index (χ4v) is 2.18. The number of carbonyl (C=O) groups excluding carboxylic acids is 1. The van der Waals surface area contributed by atoms with Crippen molar-refractivity contribution < 1.29 is 19.1 Å². The number of benzene rings is 1. The maximum Gasteiger partial charge on any atom is 0.337 e. The summed E-state index contributed by atoms with van der Waals surface area (Å²) >= 11 is 5.84. The summed E-state index contributed by atoms with van der Waals surface area (Å²) < 4.78 is 5.57. The van der Waals surface area contributed by atoms with E-state index in [1.54, 1.807) is 24.3 Å². The number of nitrogens with zero attached hydrogens (tertiary/aromatic N) is 1. The van der Waals surface area contributed by atoms with E-state index in [1.165, 1.54) is 24.3 Å². The smallest absolute Gasteiger partial charge is 0.337 e. The summed E-state index contributed by atoms with van der Waals surface area (Å²) in [7, 11) is 0. The third-order valence-corrected chi connectivity index (χ3v) is 3.50. The SMILES string of the molecule is C=CCNC(=O)/C(C#N)=C/c1ccc(-c2ccc(Cl)c(C(=O)O)c2)o1. The summed E-state index contributed by atoms with van der Waals surface area (Å²) in [5, 5.41) is 20.8. The number of rotatable bonds is 6. The first-order chi connectivity index (χ1) is 12.0. The Morgan fingerprint density at radius 2 is 2.12 bits per heavy atom. The van der Waals surface area contributed by atoms with Gasteiger partial charge in [-0.3, -0.25) is 4.79 Å². The first kappa shape index (κ1) is 18.0. The van der Waals surface area contributed by atoms with Crippen LogP contribution in [0.25, 0.3) is 17.4 Å². The number of furan rings is 1.